The van der Waals surface area contributed by atoms with Gasteiger partial charge in [-0.05, 0) is 147 Å². The van der Waals surface area contributed by atoms with Gasteiger partial charge in [0.15, 0.2) is 0 Å². The van der Waals surface area contributed by atoms with Gasteiger partial charge in [-0.15, -0.1) is 0 Å². The maximum atomic E-state index is 2.44. The summed E-state index contributed by atoms with van der Waals surface area (Å²) in [6, 6.07) is 90.2. The number of para-hydroxylation sites is 6. The van der Waals surface area contributed by atoms with Crippen LogP contribution < -0.4 is 9.80 Å². The second-order valence-electron chi connectivity index (χ2n) is 16.2. The zero-order valence-electron chi connectivity index (χ0n) is 34.5. The molecule has 0 aliphatic rings. The van der Waals surface area contributed by atoms with E-state index in [1.165, 1.54) is 54.1 Å². The van der Waals surface area contributed by atoms with Crippen LogP contribution in [-0.2, 0) is 0 Å². The first-order chi connectivity index (χ1) is 31.3. The van der Waals surface area contributed by atoms with Gasteiger partial charge in [0.2, 0.25) is 0 Å². The average Bonchev–Trinajstić information content (AvgIpc) is 3.68. The Kier molecular flexibility index (Phi) is 8.83. The summed E-state index contributed by atoms with van der Waals surface area (Å²) >= 11 is 0. The van der Waals surface area contributed by atoms with Gasteiger partial charge in [-0.2, -0.15) is 0 Å². The molecular weight excluding hydrogens is 763 g/mol. The maximum Gasteiger partial charge on any atom is 0.0547 e. The van der Waals surface area contributed by atoms with Gasteiger partial charge in [-0.1, -0.05) is 146 Å². The van der Waals surface area contributed by atoms with Gasteiger partial charge in [-0.25, -0.2) is 0 Å². The number of aromatic nitrogens is 1. The van der Waals surface area contributed by atoms with E-state index in [4.69, 9.17) is 0 Å². The number of nitrogens with zero attached hydrogens (tertiary/aromatic N) is 3. The fourth-order valence-corrected chi connectivity index (χ4v) is 9.67. The van der Waals surface area contributed by atoms with Crippen molar-refractivity contribution in [3.8, 4) is 16.8 Å². The standard InChI is InChI=1S/C60H41N3/c1-6-20-44(21-7-1)61(45-22-8-2-9-23-45)49-36-43(37-50(39-49)62(46-24-10-3-11-25-46)47-26-12-4-13-27-47)42-34-35-53-55(38-42)51-30-16-17-31-52(51)57-41-60-58(40-56(53)57)54-32-18-19-33-59(54)63(60)48-28-14-5-15-29-48/h1-41H. The lowest BCUT2D eigenvalue weighted by molar-refractivity contribution is 1.18. The molecule has 12 aromatic rings. The Morgan fingerprint density at radius 1 is 0.222 bits per heavy atom. The van der Waals surface area contributed by atoms with Crippen LogP contribution in [0.2, 0.25) is 0 Å². The van der Waals surface area contributed by atoms with Crippen LogP contribution in [0.3, 0.4) is 0 Å². The van der Waals surface area contributed by atoms with Gasteiger partial charge in [0.1, 0.15) is 0 Å². The van der Waals surface area contributed by atoms with E-state index in [0.29, 0.717) is 0 Å². The summed E-state index contributed by atoms with van der Waals surface area (Å²) in [5, 5.41) is 9.99. The van der Waals surface area contributed by atoms with E-state index in [0.717, 1.165) is 50.9 Å². The van der Waals surface area contributed by atoms with Gasteiger partial charge in [-0.3, -0.25) is 0 Å². The second kappa shape index (κ2) is 15.3. The predicted molar refractivity (Wildman–Crippen MR) is 268 cm³/mol. The molecule has 296 valence electrons. The van der Waals surface area contributed by atoms with Crippen molar-refractivity contribution in [3.63, 3.8) is 0 Å². The van der Waals surface area contributed by atoms with Crippen molar-refractivity contribution in [1.29, 1.82) is 0 Å². The Bertz CT molecular complexity index is 3420. The second-order valence-corrected chi connectivity index (χ2v) is 16.2. The van der Waals surface area contributed by atoms with Crippen LogP contribution in [-0.4, -0.2) is 4.57 Å². The molecule has 1 aromatic heterocycles. The lowest BCUT2D eigenvalue weighted by Crippen LogP contribution is -2.13. The molecule has 0 bridgehead atoms. The highest BCUT2D eigenvalue weighted by molar-refractivity contribution is 6.29. The first-order valence-corrected chi connectivity index (χ1v) is 21.6. The summed E-state index contributed by atoms with van der Waals surface area (Å²) in [6.07, 6.45) is 0. The summed E-state index contributed by atoms with van der Waals surface area (Å²) < 4.78 is 2.42. The highest BCUT2D eigenvalue weighted by Crippen LogP contribution is 2.45. The van der Waals surface area contributed by atoms with Crippen molar-refractivity contribution < 1.29 is 0 Å². The normalized spacial score (nSPS) is 11.5. The minimum atomic E-state index is 1.07. The molecule has 3 heteroatoms. The molecule has 0 saturated carbocycles. The molecule has 1 heterocycles. The SMILES string of the molecule is c1ccc(N(c2ccccc2)c2cc(-c3ccc4c(c3)c3ccccc3c3cc5c(cc43)c3ccccc3n5-c3ccccc3)cc(N(c3ccccc3)c3ccccc3)c2)cc1. The summed E-state index contributed by atoms with van der Waals surface area (Å²) in [7, 11) is 0. The van der Waals surface area contributed by atoms with Gasteiger partial charge < -0.3 is 14.4 Å². The highest BCUT2D eigenvalue weighted by Gasteiger charge is 2.21. The Labute approximate surface area is 366 Å². The number of hydrogen-bond acceptors (Lipinski definition) is 2. The molecule has 0 radical (unpaired) electrons. The van der Waals surface area contributed by atoms with Crippen LogP contribution in [0.4, 0.5) is 34.1 Å². The average molecular weight is 804 g/mol. The highest BCUT2D eigenvalue weighted by atomic mass is 15.2. The summed E-state index contributed by atoms with van der Waals surface area (Å²) in [5.41, 5.74) is 12.4. The molecule has 0 N–H and O–H groups in total. The molecule has 0 unspecified atom stereocenters. The van der Waals surface area contributed by atoms with Crippen LogP contribution in [0.15, 0.2) is 249 Å². The molecule has 0 fully saturated rings. The lowest BCUT2D eigenvalue weighted by Gasteiger charge is -2.30. The third-order valence-electron chi connectivity index (χ3n) is 12.5. The van der Waals surface area contributed by atoms with Crippen molar-refractivity contribution in [1.82, 2.24) is 4.57 Å². The molecule has 0 aliphatic heterocycles. The van der Waals surface area contributed by atoms with E-state index < -0.39 is 0 Å². The summed E-state index contributed by atoms with van der Waals surface area (Å²) in [4.78, 5) is 4.73. The van der Waals surface area contributed by atoms with E-state index in [9.17, 15) is 0 Å². The number of benzene rings is 11. The molecule has 63 heavy (non-hydrogen) atoms. The third-order valence-corrected chi connectivity index (χ3v) is 12.5. The Morgan fingerprint density at radius 2 is 0.635 bits per heavy atom. The van der Waals surface area contributed by atoms with E-state index in [1.807, 2.05) is 0 Å². The van der Waals surface area contributed by atoms with Crippen LogP contribution >= 0.6 is 0 Å². The van der Waals surface area contributed by atoms with Crippen molar-refractivity contribution in [3.05, 3.63) is 249 Å². The molecule has 0 aliphatic carbocycles. The van der Waals surface area contributed by atoms with Crippen LogP contribution in [0.25, 0.3) is 70.9 Å². The van der Waals surface area contributed by atoms with Crippen LogP contribution in [0, 0.1) is 0 Å². The molecule has 11 aromatic carbocycles. The zero-order valence-corrected chi connectivity index (χ0v) is 34.5. The van der Waals surface area contributed by atoms with E-state index in [-0.39, 0.29) is 0 Å². The minimum Gasteiger partial charge on any atom is -0.310 e. The first-order valence-electron chi connectivity index (χ1n) is 21.6. The maximum absolute atomic E-state index is 2.44. The molecule has 0 saturated heterocycles. The third kappa shape index (κ3) is 6.29. The van der Waals surface area contributed by atoms with Crippen LogP contribution in [0.5, 0.6) is 0 Å². The molecule has 3 nitrogen and oxygen atoms in total. The number of hydrogen-bond donors (Lipinski definition) is 0. The molecule has 0 atom stereocenters. The number of anilines is 6. The van der Waals surface area contributed by atoms with Crippen molar-refractivity contribution >= 4 is 88.2 Å². The smallest absolute Gasteiger partial charge is 0.0547 e. The fraction of sp³-hybridized carbons (Fsp3) is 0. The summed E-state index contributed by atoms with van der Waals surface area (Å²) in [6.45, 7) is 0. The Morgan fingerprint density at radius 3 is 1.16 bits per heavy atom. The topological polar surface area (TPSA) is 11.4 Å². The van der Waals surface area contributed by atoms with E-state index in [2.05, 4.69) is 263 Å². The minimum absolute atomic E-state index is 1.07. The van der Waals surface area contributed by atoms with E-state index in [1.54, 1.807) is 0 Å². The zero-order chi connectivity index (χ0) is 41.7. The molecule has 0 spiro atoms. The Hall–Kier alpha value is -8.40. The number of fused-ring (bicyclic) bond motifs is 9. The number of rotatable bonds is 8. The Balaban J connectivity index is 1.12. The molecule has 0 amide bonds. The van der Waals surface area contributed by atoms with Gasteiger partial charge in [0, 0.05) is 50.6 Å². The predicted octanol–water partition coefficient (Wildman–Crippen LogP) is 16.8. The largest absolute Gasteiger partial charge is 0.310 e. The van der Waals surface area contributed by atoms with Crippen molar-refractivity contribution in [2.45, 2.75) is 0 Å². The van der Waals surface area contributed by atoms with Gasteiger partial charge in [0.05, 0.1) is 11.0 Å². The first kappa shape index (κ1) is 36.5. The fourth-order valence-electron chi connectivity index (χ4n) is 9.67. The summed E-state index contributed by atoms with van der Waals surface area (Å²) in [5.74, 6) is 0. The monoisotopic (exact) mass is 803 g/mol. The van der Waals surface area contributed by atoms with Crippen LogP contribution in [0.1, 0.15) is 0 Å². The molecular formula is C60H41N3. The van der Waals surface area contributed by atoms with Crippen molar-refractivity contribution in [2.24, 2.45) is 0 Å². The van der Waals surface area contributed by atoms with Gasteiger partial charge in [0.25, 0.3) is 0 Å². The lowest BCUT2D eigenvalue weighted by atomic mass is 9.91. The molecule has 12 rings (SSSR count). The van der Waals surface area contributed by atoms with E-state index >= 15 is 0 Å². The quantitative estimate of drug-likeness (QED) is 0.142. The van der Waals surface area contributed by atoms with Gasteiger partial charge >= 0.3 is 0 Å². The van der Waals surface area contributed by atoms with Crippen molar-refractivity contribution in [2.75, 3.05) is 9.80 Å².